The quantitative estimate of drug-likeness (QED) is 0.811. The topological polar surface area (TPSA) is 75.1 Å². The van der Waals surface area contributed by atoms with E-state index in [1.165, 1.54) is 0 Å². The first-order valence-corrected chi connectivity index (χ1v) is 5.21. The van der Waals surface area contributed by atoms with Gasteiger partial charge in [0.2, 0.25) is 0 Å². The summed E-state index contributed by atoms with van der Waals surface area (Å²) in [5.74, 6) is -0.349. The van der Waals surface area contributed by atoms with Crippen LogP contribution in [0, 0.1) is 19.8 Å². The number of nitrogens with zero attached hydrogens (tertiary/aromatic N) is 2. The van der Waals surface area contributed by atoms with E-state index >= 15 is 0 Å². The summed E-state index contributed by atoms with van der Waals surface area (Å²) in [5.41, 5.74) is 1.47. The summed E-state index contributed by atoms with van der Waals surface area (Å²) in [7, 11) is 0. The van der Waals surface area contributed by atoms with Crippen molar-refractivity contribution in [2.75, 3.05) is 5.32 Å². The van der Waals surface area contributed by atoms with Gasteiger partial charge in [-0.15, -0.1) is 0 Å². The molecule has 0 fully saturated rings. The number of rotatable bonds is 4. The van der Waals surface area contributed by atoms with E-state index in [4.69, 9.17) is 5.11 Å². The molecule has 1 aromatic rings. The van der Waals surface area contributed by atoms with Crippen LogP contribution in [0.4, 0.5) is 5.82 Å². The first-order valence-electron chi connectivity index (χ1n) is 5.21. The average Bonchev–Trinajstić information content (AvgIpc) is 2.18. The van der Waals surface area contributed by atoms with Crippen molar-refractivity contribution in [2.45, 2.75) is 33.7 Å². The zero-order valence-electron chi connectivity index (χ0n) is 9.98. The number of hydrogen-bond donors (Lipinski definition) is 2. The summed E-state index contributed by atoms with van der Waals surface area (Å²) in [6, 6.07) is -0.644. The molecule has 1 aromatic heterocycles. The van der Waals surface area contributed by atoms with Gasteiger partial charge in [0, 0.05) is 6.20 Å². The number of aryl methyl sites for hydroxylation is 2. The van der Waals surface area contributed by atoms with Gasteiger partial charge in [0.05, 0.1) is 11.4 Å². The highest BCUT2D eigenvalue weighted by molar-refractivity contribution is 5.77. The molecule has 1 atom stereocenters. The van der Waals surface area contributed by atoms with E-state index in [2.05, 4.69) is 15.3 Å². The normalized spacial score (nSPS) is 12.6. The van der Waals surface area contributed by atoms with Gasteiger partial charge in [-0.2, -0.15) is 0 Å². The summed E-state index contributed by atoms with van der Waals surface area (Å²) in [4.78, 5) is 19.4. The maximum Gasteiger partial charge on any atom is 0.326 e. The highest BCUT2D eigenvalue weighted by Gasteiger charge is 2.22. The second kappa shape index (κ2) is 4.92. The summed E-state index contributed by atoms with van der Waals surface area (Å²) in [6.07, 6.45) is 1.66. The van der Waals surface area contributed by atoms with E-state index in [9.17, 15) is 4.79 Å². The first kappa shape index (κ1) is 12.4. The molecule has 0 aliphatic heterocycles. The summed E-state index contributed by atoms with van der Waals surface area (Å²) in [5, 5.41) is 12.0. The number of anilines is 1. The molecule has 0 aliphatic rings. The van der Waals surface area contributed by atoms with Crippen LogP contribution in [0.15, 0.2) is 6.20 Å². The molecule has 0 amide bonds. The third-order valence-electron chi connectivity index (χ3n) is 2.30. The van der Waals surface area contributed by atoms with Crippen molar-refractivity contribution in [3.05, 3.63) is 17.6 Å². The Bertz CT molecular complexity index is 391. The van der Waals surface area contributed by atoms with Crippen LogP contribution in [-0.4, -0.2) is 27.1 Å². The van der Waals surface area contributed by atoms with Crippen molar-refractivity contribution >= 4 is 11.8 Å². The van der Waals surface area contributed by atoms with E-state index in [-0.39, 0.29) is 5.92 Å². The number of hydrogen-bond acceptors (Lipinski definition) is 4. The number of aromatic nitrogens is 2. The van der Waals surface area contributed by atoms with Crippen molar-refractivity contribution in [3.8, 4) is 0 Å². The van der Waals surface area contributed by atoms with Gasteiger partial charge < -0.3 is 10.4 Å². The highest BCUT2D eigenvalue weighted by atomic mass is 16.4. The molecule has 1 unspecified atom stereocenters. The van der Waals surface area contributed by atoms with Gasteiger partial charge in [0.15, 0.2) is 0 Å². The number of carboxylic acids is 1. The third-order valence-corrected chi connectivity index (χ3v) is 2.30. The van der Waals surface area contributed by atoms with E-state index in [1.54, 1.807) is 13.1 Å². The molecule has 0 saturated carbocycles. The van der Waals surface area contributed by atoms with E-state index in [0.717, 1.165) is 5.69 Å². The zero-order valence-corrected chi connectivity index (χ0v) is 9.98. The fraction of sp³-hybridized carbons (Fsp3) is 0.545. The minimum atomic E-state index is -0.877. The van der Waals surface area contributed by atoms with E-state index < -0.39 is 12.0 Å². The molecule has 1 rings (SSSR count). The van der Waals surface area contributed by atoms with Gasteiger partial charge in [0.1, 0.15) is 11.9 Å². The highest BCUT2D eigenvalue weighted by Crippen LogP contribution is 2.14. The maximum absolute atomic E-state index is 11.0. The first-order chi connectivity index (χ1) is 7.41. The summed E-state index contributed by atoms with van der Waals surface area (Å²) >= 11 is 0. The van der Waals surface area contributed by atoms with Gasteiger partial charge in [-0.25, -0.2) is 9.78 Å². The SMILES string of the molecule is Cc1cnc(C)c(NC(C(=O)O)C(C)C)n1. The molecule has 0 aliphatic carbocycles. The van der Waals surface area contributed by atoms with Crippen molar-refractivity contribution < 1.29 is 9.90 Å². The zero-order chi connectivity index (χ0) is 12.3. The molecule has 0 saturated heterocycles. The van der Waals surface area contributed by atoms with Crippen LogP contribution in [-0.2, 0) is 4.79 Å². The molecule has 0 spiro atoms. The molecule has 5 heteroatoms. The van der Waals surface area contributed by atoms with Crippen LogP contribution in [0.2, 0.25) is 0 Å². The van der Waals surface area contributed by atoms with Gasteiger partial charge in [-0.1, -0.05) is 13.8 Å². The minimum Gasteiger partial charge on any atom is -0.480 e. The van der Waals surface area contributed by atoms with Crippen molar-refractivity contribution in [2.24, 2.45) is 5.92 Å². The third kappa shape index (κ3) is 2.92. The number of nitrogens with one attached hydrogen (secondary N) is 1. The summed E-state index contributed by atoms with van der Waals surface area (Å²) in [6.45, 7) is 7.32. The second-order valence-corrected chi connectivity index (χ2v) is 4.15. The molecular weight excluding hydrogens is 206 g/mol. The average molecular weight is 223 g/mol. The molecule has 1 heterocycles. The lowest BCUT2D eigenvalue weighted by molar-refractivity contribution is -0.138. The van der Waals surface area contributed by atoms with E-state index in [1.807, 2.05) is 20.8 Å². The Morgan fingerprint density at radius 3 is 2.56 bits per heavy atom. The monoisotopic (exact) mass is 223 g/mol. The summed E-state index contributed by atoms with van der Waals surface area (Å²) < 4.78 is 0. The van der Waals surface area contributed by atoms with Crippen molar-refractivity contribution in [3.63, 3.8) is 0 Å². The molecular formula is C11H17N3O2. The number of carbonyl (C=O) groups is 1. The predicted molar refractivity (Wildman–Crippen MR) is 61.4 cm³/mol. The van der Waals surface area contributed by atoms with Gasteiger partial charge in [0.25, 0.3) is 0 Å². The Balaban J connectivity index is 2.93. The molecule has 5 nitrogen and oxygen atoms in total. The largest absolute Gasteiger partial charge is 0.480 e. The maximum atomic E-state index is 11.0. The smallest absolute Gasteiger partial charge is 0.326 e. The Morgan fingerprint density at radius 1 is 1.44 bits per heavy atom. The molecule has 0 bridgehead atoms. The fourth-order valence-electron chi connectivity index (χ4n) is 1.34. The predicted octanol–water partition coefficient (Wildman–Crippen LogP) is 1.61. The lowest BCUT2D eigenvalue weighted by Gasteiger charge is -2.19. The van der Waals surface area contributed by atoms with Crippen LogP contribution in [0.5, 0.6) is 0 Å². The van der Waals surface area contributed by atoms with Crippen LogP contribution in [0.1, 0.15) is 25.2 Å². The second-order valence-electron chi connectivity index (χ2n) is 4.15. The van der Waals surface area contributed by atoms with E-state index in [0.29, 0.717) is 11.5 Å². The Kier molecular flexibility index (Phi) is 3.82. The van der Waals surface area contributed by atoms with Gasteiger partial charge >= 0.3 is 5.97 Å². The fourth-order valence-corrected chi connectivity index (χ4v) is 1.34. The van der Waals surface area contributed by atoms with Crippen molar-refractivity contribution in [1.82, 2.24) is 9.97 Å². The van der Waals surface area contributed by atoms with Crippen LogP contribution in [0.25, 0.3) is 0 Å². The molecule has 0 aromatic carbocycles. The molecule has 2 N–H and O–H groups in total. The van der Waals surface area contributed by atoms with Crippen molar-refractivity contribution in [1.29, 1.82) is 0 Å². The Labute approximate surface area is 94.9 Å². The van der Waals surface area contributed by atoms with Crippen LogP contribution >= 0.6 is 0 Å². The van der Waals surface area contributed by atoms with Crippen LogP contribution in [0.3, 0.4) is 0 Å². The molecule has 0 radical (unpaired) electrons. The number of carboxylic acid groups (broad SMARTS) is 1. The Morgan fingerprint density at radius 2 is 2.06 bits per heavy atom. The molecule has 16 heavy (non-hydrogen) atoms. The lowest BCUT2D eigenvalue weighted by atomic mass is 10.0. The number of aliphatic carboxylic acids is 1. The van der Waals surface area contributed by atoms with Gasteiger partial charge in [-0.05, 0) is 19.8 Å². The lowest BCUT2D eigenvalue weighted by Crippen LogP contribution is -2.35. The van der Waals surface area contributed by atoms with Gasteiger partial charge in [-0.3, -0.25) is 4.98 Å². The Hall–Kier alpha value is -1.65. The molecule has 88 valence electrons. The standard InChI is InChI=1S/C11H17N3O2/c1-6(2)9(11(15)16)14-10-8(4)12-5-7(3)13-10/h5-6,9H,1-4H3,(H,13,14)(H,15,16). The van der Waals surface area contributed by atoms with Crippen LogP contribution < -0.4 is 5.32 Å². The minimum absolute atomic E-state index is 0.0146.